The van der Waals surface area contributed by atoms with E-state index in [-0.39, 0.29) is 40.5 Å². The molecule has 0 saturated heterocycles. The molecule has 246 valence electrons. The first-order valence-corrected chi connectivity index (χ1v) is 17.3. The molecule has 4 aromatic carbocycles. The summed E-state index contributed by atoms with van der Waals surface area (Å²) in [6.45, 7) is -0.680. The maximum atomic E-state index is 14.6. The number of ether oxygens (including phenoxy) is 1. The SMILES string of the molecule is COc1cccc(CN(C(=O)CN(c2ccc(F)c(Cl)c2)S(=O)(=O)c2ccccc2)[C@@H](Cc2ccccc2)C(=O)NC2CCCC2)c1. The molecule has 1 aliphatic rings. The van der Waals surface area contributed by atoms with Gasteiger partial charge in [-0.1, -0.05) is 85.1 Å². The van der Waals surface area contributed by atoms with E-state index in [1.807, 2.05) is 36.4 Å². The molecule has 0 heterocycles. The normalized spacial score (nSPS) is 13.9. The van der Waals surface area contributed by atoms with Gasteiger partial charge in [0.2, 0.25) is 11.8 Å². The van der Waals surface area contributed by atoms with E-state index in [2.05, 4.69) is 5.32 Å². The number of nitrogens with one attached hydrogen (secondary N) is 1. The largest absolute Gasteiger partial charge is 0.497 e. The number of methoxy groups -OCH3 is 1. The van der Waals surface area contributed by atoms with E-state index in [1.165, 1.54) is 36.3 Å². The van der Waals surface area contributed by atoms with Crippen LogP contribution in [0, 0.1) is 5.82 Å². The van der Waals surface area contributed by atoms with Crippen LogP contribution < -0.4 is 14.4 Å². The van der Waals surface area contributed by atoms with Gasteiger partial charge < -0.3 is 15.0 Å². The molecule has 0 radical (unpaired) electrons. The number of sulfonamides is 1. The van der Waals surface area contributed by atoms with Gasteiger partial charge in [0.1, 0.15) is 24.2 Å². The molecule has 8 nitrogen and oxygen atoms in total. The highest BCUT2D eigenvalue weighted by atomic mass is 35.5. The average molecular weight is 678 g/mol. The lowest BCUT2D eigenvalue weighted by Crippen LogP contribution is -2.54. The minimum Gasteiger partial charge on any atom is -0.497 e. The van der Waals surface area contributed by atoms with E-state index >= 15 is 0 Å². The van der Waals surface area contributed by atoms with E-state index in [9.17, 15) is 22.4 Å². The minimum absolute atomic E-state index is 0.00458. The molecule has 1 aliphatic carbocycles. The summed E-state index contributed by atoms with van der Waals surface area (Å²) in [4.78, 5) is 30.0. The Labute approximate surface area is 280 Å². The third-order valence-electron chi connectivity index (χ3n) is 8.26. The van der Waals surface area contributed by atoms with Crippen molar-refractivity contribution < 1.29 is 27.1 Å². The van der Waals surface area contributed by atoms with Crippen molar-refractivity contribution in [3.05, 3.63) is 125 Å². The highest BCUT2D eigenvalue weighted by Gasteiger charge is 2.35. The lowest BCUT2D eigenvalue weighted by molar-refractivity contribution is -0.140. The molecule has 1 fully saturated rings. The fourth-order valence-corrected chi connectivity index (χ4v) is 7.38. The van der Waals surface area contributed by atoms with Crippen molar-refractivity contribution in [1.82, 2.24) is 10.2 Å². The van der Waals surface area contributed by atoms with Crippen LogP contribution in [0.15, 0.2) is 108 Å². The Morgan fingerprint density at radius 2 is 1.57 bits per heavy atom. The zero-order chi connectivity index (χ0) is 33.4. The zero-order valence-corrected chi connectivity index (χ0v) is 27.6. The van der Waals surface area contributed by atoms with Crippen LogP contribution in [-0.2, 0) is 32.6 Å². The quantitative estimate of drug-likeness (QED) is 0.177. The molecule has 0 spiro atoms. The second-order valence-electron chi connectivity index (χ2n) is 11.5. The number of hydrogen-bond donors (Lipinski definition) is 1. The van der Waals surface area contributed by atoms with Crippen LogP contribution >= 0.6 is 11.6 Å². The number of carbonyl (C=O) groups excluding carboxylic acids is 2. The third kappa shape index (κ3) is 8.50. The summed E-state index contributed by atoms with van der Waals surface area (Å²) in [5, 5.41) is 2.85. The van der Waals surface area contributed by atoms with Crippen LogP contribution in [0.25, 0.3) is 0 Å². The van der Waals surface area contributed by atoms with Crippen LogP contribution in [0.1, 0.15) is 36.8 Å². The first-order valence-electron chi connectivity index (χ1n) is 15.5. The number of rotatable bonds is 13. The monoisotopic (exact) mass is 677 g/mol. The van der Waals surface area contributed by atoms with E-state index in [0.29, 0.717) is 11.3 Å². The summed E-state index contributed by atoms with van der Waals surface area (Å²) < 4.78 is 48.7. The van der Waals surface area contributed by atoms with E-state index < -0.39 is 34.3 Å². The van der Waals surface area contributed by atoms with E-state index in [0.717, 1.165) is 41.6 Å². The second kappa shape index (κ2) is 15.5. The van der Waals surface area contributed by atoms with Crippen LogP contribution in [0.3, 0.4) is 0 Å². The molecule has 1 atom stereocenters. The van der Waals surface area contributed by atoms with Gasteiger partial charge in [-0.05, 0) is 66.4 Å². The number of anilines is 1. The van der Waals surface area contributed by atoms with Gasteiger partial charge in [0, 0.05) is 19.0 Å². The molecule has 0 bridgehead atoms. The van der Waals surface area contributed by atoms with Crippen molar-refractivity contribution in [2.75, 3.05) is 18.0 Å². The van der Waals surface area contributed by atoms with Crippen molar-refractivity contribution in [3.8, 4) is 5.75 Å². The number of halogens is 2. The lowest BCUT2D eigenvalue weighted by atomic mass is 10.0. The van der Waals surface area contributed by atoms with Gasteiger partial charge in [0.15, 0.2) is 0 Å². The van der Waals surface area contributed by atoms with Gasteiger partial charge >= 0.3 is 0 Å². The summed E-state index contributed by atoms with van der Waals surface area (Å²) in [6.07, 6.45) is 3.91. The van der Waals surface area contributed by atoms with Crippen molar-refractivity contribution >= 4 is 39.1 Å². The third-order valence-corrected chi connectivity index (χ3v) is 10.3. The Bertz CT molecular complexity index is 1790. The van der Waals surface area contributed by atoms with Crippen LogP contribution in [0.2, 0.25) is 5.02 Å². The smallest absolute Gasteiger partial charge is 0.264 e. The molecule has 5 rings (SSSR count). The predicted octanol–water partition coefficient (Wildman–Crippen LogP) is 6.38. The van der Waals surface area contributed by atoms with Gasteiger partial charge in [-0.25, -0.2) is 12.8 Å². The van der Waals surface area contributed by atoms with E-state index in [4.69, 9.17) is 16.3 Å². The summed E-state index contributed by atoms with van der Waals surface area (Å²) in [5.74, 6) is -1.11. The second-order valence-corrected chi connectivity index (χ2v) is 13.8. The van der Waals surface area contributed by atoms with Crippen molar-refractivity contribution in [2.45, 2.75) is 55.6 Å². The highest BCUT2D eigenvalue weighted by molar-refractivity contribution is 7.92. The highest BCUT2D eigenvalue weighted by Crippen LogP contribution is 2.29. The number of benzene rings is 4. The summed E-state index contributed by atoms with van der Waals surface area (Å²) in [7, 11) is -2.80. The summed E-state index contributed by atoms with van der Waals surface area (Å²) >= 11 is 6.10. The molecule has 1 N–H and O–H groups in total. The molecule has 2 amide bonds. The Morgan fingerprint density at radius 3 is 2.23 bits per heavy atom. The summed E-state index contributed by atoms with van der Waals surface area (Å²) in [6, 6.07) is 26.7. The van der Waals surface area contributed by atoms with E-state index in [1.54, 1.807) is 36.4 Å². The Balaban J connectivity index is 1.58. The standard InChI is InChI=1S/C36H37ClFN3O5S/c1-46-30-16-10-13-27(21-30)24-40(34(22-26-11-4-2-5-12-26)36(43)39-28-14-8-9-15-28)35(42)25-41(29-19-20-33(38)32(37)23-29)47(44,45)31-17-6-3-7-18-31/h2-7,10-13,16-21,23,28,34H,8-9,14-15,22,24-25H2,1H3,(H,39,43)/t34-/m0/s1. The number of amides is 2. The molecule has 0 unspecified atom stereocenters. The molecule has 1 saturated carbocycles. The molecule has 11 heteroatoms. The lowest BCUT2D eigenvalue weighted by Gasteiger charge is -2.34. The van der Waals surface area contributed by atoms with Crippen LogP contribution in [-0.4, -0.2) is 50.9 Å². The molecular weight excluding hydrogens is 641 g/mol. The first-order chi connectivity index (χ1) is 22.7. The topological polar surface area (TPSA) is 96.0 Å². The Morgan fingerprint density at radius 1 is 0.915 bits per heavy atom. The molecule has 47 heavy (non-hydrogen) atoms. The number of carbonyl (C=O) groups is 2. The zero-order valence-electron chi connectivity index (χ0n) is 26.0. The predicted molar refractivity (Wildman–Crippen MR) is 180 cm³/mol. The summed E-state index contributed by atoms with van der Waals surface area (Å²) in [5.41, 5.74) is 1.53. The maximum absolute atomic E-state index is 14.6. The van der Waals surface area contributed by atoms with Crippen molar-refractivity contribution in [2.24, 2.45) is 0 Å². The molecule has 4 aromatic rings. The first kappa shape index (κ1) is 33.9. The van der Waals surface area contributed by atoms with Gasteiger partial charge in [-0.2, -0.15) is 0 Å². The van der Waals surface area contributed by atoms with Crippen molar-refractivity contribution in [1.29, 1.82) is 0 Å². The van der Waals surface area contributed by atoms with Crippen LogP contribution in [0.5, 0.6) is 5.75 Å². The van der Waals surface area contributed by atoms with Gasteiger partial charge in [0.05, 0.1) is 22.7 Å². The van der Waals surface area contributed by atoms with Gasteiger partial charge in [-0.3, -0.25) is 13.9 Å². The fraction of sp³-hybridized carbons (Fsp3) is 0.278. The minimum atomic E-state index is -4.34. The molecular formula is C36H37ClFN3O5S. The molecule has 0 aliphatic heterocycles. The van der Waals surface area contributed by atoms with Crippen LogP contribution in [0.4, 0.5) is 10.1 Å². The Hall–Kier alpha value is -4.41. The maximum Gasteiger partial charge on any atom is 0.264 e. The fourth-order valence-electron chi connectivity index (χ4n) is 5.78. The van der Waals surface area contributed by atoms with Gasteiger partial charge in [-0.15, -0.1) is 0 Å². The van der Waals surface area contributed by atoms with Gasteiger partial charge in [0.25, 0.3) is 10.0 Å². The number of nitrogens with zero attached hydrogens (tertiary/aromatic N) is 2. The van der Waals surface area contributed by atoms with Crippen molar-refractivity contribution in [3.63, 3.8) is 0 Å². The number of hydrogen-bond acceptors (Lipinski definition) is 5. The Kier molecular flexibility index (Phi) is 11.2. The molecule has 0 aromatic heterocycles. The average Bonchev–Trinajstić information content (AvgIpc) is 3.60.